The van der Waals surface area contributed by atoms with E-state index < -0.39 is 17.4 Å². The molecule has 4 rings (SSSR count). The van der Waals surface area contributed by atoms with E-state index in [-0.39, 0.29) is 23.8 Å². The topological polar surface area (TPSA) is 82.2 Å². The zero-order valence-corrected chi connectivity index (χ0v) is 16.5. The van der Waals surface area contributed by atoms with Crippen molar-refractivity contribution < 1.29 is 22.4 Å². The van der Waals surface area contributed by atoms with E-state index in [0.29, 0.717) is 16.8 Å². The average molecular weight is 430 g/mol. The van der Waals surface area contributed by atoms with E-state index >= 15 is 0 Å². The number of alkyl halides is 3. The van der Waals surface area contributed by atoms with Crippen LogP contribution in [0.1, 0.15) is 16.9 Å². The van der Waals surface area contributed by atoms with Gasteiger partial charge in [-0.3, -0.25) is 4.57 Å². The number of benzene rings is 2. The molecule has 0 unspecified atom stereocenters. The van der Waals surface area contributed by atoms with Gasteiger partial charge in [-0.15, -0.1) is 0 Å². The van der Waals surface area contributed by atoms with Gasteiger partial charge in [0.15, 0.2) is 5.76 Å². The molecule has 0 saturated heterocycles. The Bertz CT molecular complexity index is 1310. The van der Waals surface area contributed by atoms with E-state index in [4.69, 9.17) is 9.26 Å². The van der Waals surface area contributed by atoms with Crippen LogP contribution in [0.4, 0.5) is 19.0 Å². The number of aromatic nitrogens is 3. The summed E-state index contributed by atoms with van der Waals surface area (Å²) >= 11 is 0. The molecule has 0 atom stereocenters. The Kier molecular flexibility index (Phi) is 5.14. The molecule has 0 saturated carbocycles. The molecule has 10 heteroatoms. The highest BCUT2D eigenvalue weighted by atomic mass is 19.4. The van der Waals surface area contributed by atoms with Crippen LogP contribution in [-0.2, 0) is 12.7 Å². The molecule has 0 spiro atoms. The summed E-state index contributed by atoms with van der Waals surface area (Å²) < 4.78 is 51.4. The van der Waals surface area contributed by atoms with E-state index in [9.17, 15) is 18.0 Å². The number of aryl methyl sites for hydroxylation is 1. The Morgan fingerprint density at radius 3 is 2.61 bits per heavy atom. The summed E-state index contributed by atoms with van der Waals surface area (Å²) in [5.74, 6) is 0.815. The van der Waals surface area contributed by atoms with Gasteiger partial charge in [0, 0.05) is 11.5 Å². The number of nitrogens with zero attached hydrogens (tertiary/aromatic N) is 3. The number of nitrogens with one attached hydrogen (secondary N) is 1. The summed E-state index contributed by atoms with van der Waals surface area (Å²) in [5, 5.41) is 6.97. The molecule has 7 nitrogen and oxygen atoms in total. The lowest BCUT2D eigenvalue weighted by Crippen LogP contribution is -2.24. The number of halogens is 3. The lowest BCUT2D eigenvalue weighted by atomic mass is 10.1. The molecule has 0 amide bonds. The Morgan fingerprint density at radius 1 is 1.16 bits per heavy atom. The minimum absolute atomic E-state index is 0.0850. The fraction of sp³-hybridized carbons (Fsp3) is 0.190. The number of para-hydroxylation sites is 1. The number of rotatable bonds is 5. The van der Waals surface area contributed by atoms with E-state index in [0.717, 1.165) is 17.7 Å². The van der Waals surface area contributed by atoms with Gasteiger partial charge in [0.2, 0.25) is 0 Å². The van der Waals surface area contributed by atoms with Gasteiger partial charge in [0.1, 0.15) is 5.82 Å². The third kappa shape index (κ3) is 3.96. The molecule has 0 fully saturated rings. The highest BCUT2D eigenvalue weighted by Gasteiger charge is 2.31. The van der Waals surface area contributed by atoms with Crippen LogP contribution in [0.2, 0.25) is 0 Å². The van der Waals surface area contributed by atoms with Gasteiger partial charge in [-0.2, -0.15) is 18.2 Å². The monoisotopic (exact) mass is 430 g/mol. The molecule has 0 radical (unpaired) electrons. The Labute approximate surface area is 174 Å². The molecule has 2 aromatic carbocycles. The number of hydrogen-bond donors (Lipinski definition) is 1. The van der Waals surface area contributed by atoms with Gasteiger partial charge in [-0.05, 0) is 41.9 Å². The van der Waals surface area contributed by atoms with Gasteiger partial charge in [-0.1, -0.05) is 18.2 Å². The predicted octanol–water partition coefficient (Wildman–Crippen LogP) is 4.32. The van der Waals surface area contributed by atoms with Crippen LogP contribution < -0.4 is 15.7 Å². The normalized spacial score (nSPS) is 11.6. The quantitative estimate of drug-likeness (QED) is 0.508. The van der Waals surface area contributed by atoms with Crippen molar-refractivity contribution in [3.05, 3.63) is 75.9 Å². The number of ether oxygens (including phenoxy) is 1. The second kappa shape index (κ2) is 7.78. The molecule has 0 aliphatic rings. The van der Waals surface area contributed by atoms with Crippen LogP contribution >= 0.6 is 0 Å². The molecule has 2 aromatic heterocycles. The smallest absolute Gasteiger partial charge is 0.416 e. The largest absolute Gasteiger partial charge is 0.479 e. The summed E-state index contributed by atoms with van der Waals surface area (Å²) in [7, 11) is 1.44. The van der Waals surface area contributed by atoms with Gasteiger partial charge in [0.05, 0.1) is 30.4 Å². The molecular weight excluding hydrogens is 413 g/mol. The maximum Gasteiger partial charge on any atom is 0.416 e. The van der Waals surface area contributed by atoms with Crippen molar-refractivity contribution in [2.75, 3.05) is 12.4 Å². The zero-order valence-electron chi connectivity index (χ0n) is 16.5. The van der Waals surface area contributed by atoms with E-state index in [1.54, 1.807) is 37.3 Å². The molecular formula is C21H17F3N4O3. The molecule has 160 valence electrons. The summed E-state index contributed by atoms with van der Waals surface area (Å²) in [5.41, 5.74) is -0.310. The third-order valence-corrected chi connectivity index (χ3v) is 4.75. The van der Waals surface area contributed by atoms with Crippen LogP contribution in [-0.4, -0.2) is 21.8 Å². The molecule has 2 heterocycles. The van der Waals surface area contributed by atoms with Gasteiger partial charge in [-0.25, -0.2) is 4.79 Å². The lowest BCUT2D eigenvalue weighted by molar-refractivity contribution is -0.137. The minimum atomic E-state index is -4.56. The van der Waals surface area contributed by atoms with Crippen molar-refractivity contribution in [1.82, 2.24) is 14.7 Å². The summed E-state index contributed by atoms with van der Waals surface area (Å²) in [4.78, 5) is 17.0. The second-order valence-electron chi connectivity index (χ2n) is 6.78. The summed E-state index contributed by atoms with van der Waals surface area (Å²) in [6.07, 6.45) is -4.56. The molecule has 0 aliphatic heterocycles. The van der Waals surface area contributed by atoms with Crippen LogP contribution in [0, 0.1) is 6.92 Å². The minimum Gasteiger partial charge on any atom is -0.479 e. The Hall–Kier alpha value is -3.82. The first-order valence-electron chi connectivity index (χ1n) is 9.21. The third-order valence-electron chi connectivity index (χ3n) is 4.75. The van der Waals surface area contributed by atoms with Crippen molar-refractivity contribution in [2.45, 2.75) is 19.6 Å². The van der Waals surface area contributed by atoms with Crippen molar-refractivity contribution >= 4 is 16.7 Å². The van der Waals surface area contributed by atoms with E-state index in [1.807, 2.05) is 0 Å². The molecule has 1 N–H and O–H groups in total. The Morgan fingerprint density at radius 2 is 1.94 bits per heavy atom. The highest BCUT2D eigenvalue weighted by Crippen LogP contribution is 2.33. The first-order valence-corrected chi connectivity index (χ1v) is 9.21. The first-order chi connectivity index (χ1) is 14.8. The number of anilines is 1. The molecule has 0 aliphatic carbocycles. The maximum atomic E-state index is 13.4. The standard InChI is InChI=1S/C21H17F3N4O3/c1-12-5-3-4-6-16(12)28-17-9-13(21(22,23)24)7-8-15(17)19(26-20(28)29)25-11-14-10-18(30-2)27-31-14/h3-10H,11H2,1-2H3,(H,25,26,29). The maximum absolute atomic E-state index is 13.4. The predicted molar refractivity (Wildman–Crippen MR) is 107 cm³/mol. The molecule has 31 heavy (non-hydrogen) atoms. The van der Waals surface area contributed by atoms with Crippen molar-refractivity contribution in [3.8, 4) is 11.6 Å². The van der Waals surface area contributed by atoms with Crippen LogP contribution in [0.3, 0.4) is 0 Å². The van der Waals surface area contributed by atoms with Gasteiger partial charge < -0.3 is 14.6 Å². The number of hydrogen-bond acceptors (Lipinski definition) is 6. The van der Waals surface area contributed by atoms with Crippen molar-refractivity contribution in [2.24, 2.45) is 0 Å². The lowest BCUT2D eigenvalue weighted by Gasteiger charge is -2.16. The highest BCUT2D eigenvalue weighted by molar-refractivity contribution is 5.91. The fourth-order valence-corrected chi connectivity index (χ4v) is 3.23. The van der Waals surface area contributed by atoms with Crippen molar-refractivity contribution in [1.29, 1.82) is 0 Å². The van der Waals surface area contributed by atoms with Gasteiger partial charge >= 0.3 is 11.9 Å². The van der Waals surface area contributed by atoms with Crippen LogP contribution in [0.15, 0.2) is 57.8 Å². The fourth-order valence-electron chi connectivity index (χ4n) is 3.23. The molecule has 4 aromatic rings. The Balaban J connectivity index is 1.88. The second-order valence-corrected chi connectivity index (χ2v) is 6.78. The van der Waals surface area contributed by atoms with Crippen LogP contribution in [0.25, 0.3) is 16.6 Å². The zero-order chi connectivity index (χ0) is 22.2. The van der Waals surface area contributed by atoms with Crippen molar-refractivity contribution in [3.63, 3.8) is 0 Å². The summed E-state index contributed by atoms with van der Waals surface area (Å²) in [6, 6.07) is 11.7. The number of methoxy groups -OCH3 is 1. The van der Waals surface area contributed by atoms with Gasteiger partial charge in [0.25, 0.3) is 5.88 Å². The number of fused-ring (bicyclic) bond motifs is 1. The van der Waals surface area contributed by atoms with E-state index in [2.05, 4.69) is 15.5 Å². The van der Waals surface area contributed by atoms with Crippen LogP contribution in [0.5, 0.6) is 5.88 Å². The molecule has 0 bridgehead atoms. The average Bonchev–Trinajstić information content (AvgIpc) is 3.20. The summed E-state index contributed by atoms with van der Waals surface area (Å²) in [6.45, 7) is 1.87. The first kappa shape index (κ1) is 20.5. The SMILES string of the molecule is COc1cc(CNc2nc(=O)n(-c3ccccc3C)c3cc(C(F)(F)F)ccc23)on1. The van der Waals surface area contributed by atoms with E-state index in [1.165, 1.54) is 17.7 Å².